The Morgan fingerprint density at radius 1 is 1.25 bits per heavy atom. The zero-order chi connectivity index (χ0) is 23.1. The molecule has 3 aromatic rings. The highest BCUT2D eigenvalue weighted by Crippen LogP contribution is 2.25. The lowest BCUT2D eigenvalue weighted by atomic mass is 10.1. The maximum Gasteiger partial charge on any atom is 0.288 e. The van der Waals surface area contributed by atoms with Gasteiger partial charge in [0.25, 0.3) is 11.6 Å². The molecule has 0 bridgehead atoms. The van der Waals surface area contributed by atoms with Crippen LogP contribution >= 0.6 is 23.4 Å². The zero-order valence-electron chi connectivity index (χ0n) is 17.0. The quantitative estimate of drug-likeness (QED) is 0.359. The summed E-state index contributed by atoms with van der Waals surface area (Å²) in [5, 5.41) is 20.7. The maximum atomic E-state index is 12.9. The summed E-state index contributed by atoms with van der Waals surface area (Å²) in [6.45, 7) is 0. The highest BCUT2D eigenvalue weighted by molar-refractivity contribution is 7.98. The molecule has 9 nitrogen and oxygen atoms in total. The summed E-state index contributed by atoms with van der Waals surface area (Å²) >= 11 is 7.35. The molecule has 0 aliphatic carbocycles. The molecule has 2 aromatic carbocycles. The molecule has 0 aliphatic rings. The Morgan fingerprint density at radius 2 is 2.06 bits per heavy atom. The van der Waals surface area contributed by atoms with Crippen LogP contribution in [0.4, 0.5) is 11.4 Å². The number of benzene rings is 2. The molecular weight excluding hydrogens is 454 g/mol. The van der Waals surface area contributed by atoms with E-state index in [2.05, 4.69) is 15.7 Å². The number of nitrogens with zero attached hydrogens (tertiary/aromatic N) is 3. The third-order valence-electron chi connectivity index (χ3n) is 4.52. The highest BCUT2D eigenvalue weighted by Gasteiger charge is 2.23. The van der Waals surface area contributed by atoms with Crippen LogP contribution in [0.5, 0.6) is 0 Å². The van der Waals surface area contributed by atoms with Crippen LogP contribution in [0.2, 0.25) is 5.02 Å². The molecule has 1 atom stereocenters. The van der Waals surface area contributed by atoms with E-state index < -0.39 is 22.8 Å². The topological polar surface area (TPSA) is 119 Å². The van der Waals surface area contributed by atoms with Crippen LogP contribution in [0.15, 0.2) is 60.9 Å². The fraction of sp³-hybridized carbons (Fsp3) is 0.190. The van der Waals surface area contributed by atoms with Crippen LogP contribution in [0.1, 0.15) is 16.8 Å². The van der Waals surface area contributed by atoms with Gasteiger partial charge in [-0.3, -0.25) is 19.7 Å². The van der Waals surface area contributed by atoms with E-state index in [9.17, 15) is 19.7 Å². The molecule has 1 unspecified atom stereocenters. The molecule has 0 radical (unpaired) electrons. The molecule has 11 heteroatoms. The van der Waals surface area contributed by atoms with Crippen molar-refractivity contribution in [2.45, 2.75) is 12.5 Å². The second kappa shape index (κ2) is 10.8. The van der Waals surface area contributed by atoms with Gasteiger partial charge in [0.2, 0.25) is 5.91 Å². The number of hydrogen-bond donors (Lipinski definition) is 2. The van der Waals surface area contributed by atoms with Crippen molar-refractivity contribution in [3.8, 4) is 5.69 Å². The standard InChI is InChI=1S/C21H20ClN5O4S/c1-32-11-8-18(25-20(28)14-6-7-17(22)19(12-14)27(30)31)21(29)24-15-4-2-5-16(13-15)26-10-3-9-23-26/h2-7,9-10,12-13,18H,8,11H2,1H3,(H,24,29)(H,25,28). The van der Waals surface area contributed by atoms with Gasteiger partial charge in [-0.15, -0.1) is 0 Å². The van der Waals surface area contributed by atoms with E-state index in [-0.39, 0.29) is 16.3 Å². The lowest BCUT2D eigenvalue weighted by Gasteiger charge is -2.18. The lowest BCUT2D eigenvalue weighted by molar-refractivity contribution is -0.384. The van der Waals surface area contributed by atoms with Crippen molar-refractivity contribution in [3.05, 3.63) is 81.6 Å². The molecule has 1 aromatic heterocycles. The van der Waals surface area contributed by atoms with E-state index in [0.717, 1.165) is 11.8 Å². The minimum Gasteiger partial charge on any atom is -0.340 e. The van der Waals surface area contributed by atoms with Gasteiger partial charge in [-0.1, -0.05) is 17.7 Å². The van der Waals surface area contributed by atoms with E-state index in [0.29, 0.717) is 17.9 Å². The van der Waals surface area contributed by atoms with Crippen molar-refractivity contribution in [3.63, 3.8) is 0 Å². The Balaban J connectivity index is 1.75. The zero-order valence-corrected chi connectivity index (χ0v) is 18.6. The van der Waals surface area contributed by atoms with Gasteiger partial charge in [0.15, 0.2) is 0 Å². The second-order valence-electron chi connectivity index (χ2n) is 6.72. The summed E-state index contributed by atoms with van der Waals surface area (Å²) in [6, 6.07) is 11.8. The van der Waals surface area contributed by atoms with Crippen LogP contribution < -0.4 is 10.6 Å². The van der Waals surface area contributed by atoms with Crippen molar-refractivity contribution < 1.29 is 14.5 Å². The SMILES string of the molecule is CSCCC(NC(=O)c1ccc(Cl)c([N+](=O)[O-])c1)C(=O)Nc1cccc(-n2cccn2)c1. The number of rotatable bonds is 9. The molecule has 0 saturated carbocycles. The Labute approximate surface area is 193 Å². The average molecular weight is 474 g/mol. The lowest BCUT2D eigenvalue weighted by Crippen LogP contribution is -2.44. The van der Waals surface area contributed by atoms with Gasteiger partial charge in [-0.05, 0) is 54.8 Å². The average Bonchev–Trinajstić information content (AvgIpc) is 3.31. The fourth-order valence-electron chi connectivity index (χ4n) is 2.92. The Kier molecular flexibility index (Phi) is 7.85. The molecule has 2 N–H and O–H groups in total. The highest BCUT2D eigenvalue weighted by atomic mass is 35.5. The molecule has 2 amide bonds. The number of aromatic nitrogens is 2. The number of anilines is 1. The summed E-state index contributed by atoms with van der Waals surface area (Å²) < 4.78 is 1.66. The van der Waals surface area contributed by atoms with Crippen molar-refractivity contribution in [1.29, 1.82) is 0 Å². The van der Waals surface area contributed by atoms with Gasteiger partial charge in [0.1, 0.15) is 11.1 Å². The smallest absolute Gasteiger partial charge is 0.288 e. The summed E-state index contributed by atoms with van der Waals surface area (Å²) in [5.41, 5.74) is 0.989. The first-order chi connectivity index (χ1) is 15.4. The molecule has 166 valence electrons. The monoisotopic (exact) mass is 473 g/mol. The molecule has 0 spiro atoms. The van der Waals surface area contributed by atoms with E-state index >= 15 is 0 Å². The van der Waals surface area contributed by atoms with Crippen LogP contribution in [0, 0.1) is 10.1 Å². The van der Waals surface area contributed by atoms with Crippen molar-refractivity contribution in [1.82, 2.24) is 15.1 Å². The predicted molar refractivity (Wildman–Crippen MR) is 125 cm³/mol. The summed E-state index contributed by atoms with van der Waals surface area (Å²) in [4.78, 5) is 36.1. The molecular formula is C21H20ClN5O4S. The van der Waals surface area contributed by atoms with Crippen molar-refractivity contribution in [2.24, 2.45) is 0 Å². The van der Waals surface area contributed by atoms with E-state index in [1.54, 1.807) is 41.3 Å². The van der Waals surface area contributed by atoms with Gasteiger partial charge >= 0.3 is 0 Å². The number of nitrogens with one attached hydrogen (secondary N) is 2. The minimum absolute atomic E-state index is 0.0451. The fourth-order valence-corrected chi connectivity index (χ4v) is 3.57. The van der Waals surface area contributed by atoms with Crippen molar-refractivity contribution >= 4 is 46.6 Å². The molecule has 0 aliphatic heterocycles. The molecule has 0 fully saturated rings. The Hall–Kier alpha value is -3.37. The Morgan fingerprint density at radius 3 is 2.75 bits per heavy atom. The number of carbonyl (C=O) groups is 2. The second-order valence-corrected chi connectivity index (χ2v) is 8.11. The van der Waals surface area contributed by atoms with Gasteiger partial charge in [-0.25, -0.2) is 4.68 Å². The third-order valence-corrected chi connectivity index (χ3v) is 5.48. The number of halogens is 1. The van der Waals surface area contributed by atoms with Crippen LogP contribution in [0.25, 0.3) is 5.69 Å². The minimum atomic E-state index is -0.835. The molecule has 0 saturated heterocycles. The van der Waals surface area contributed by atoms with Crippen LogP contribution in [-0.2, 0) is 4.79 Å². The van der Waals surface area contributed by atoms with Gasteiger partial charge in [0.05, 0.1) is 10.6 Å². The number of carbonyl (C=O) groups excluding carboxylic acids is 2. The molecule has 3 rings (SSSR count). The van der Waals surface area contributed by atoms with E-state index in [1.165, 1.54) is 23.9 Å². The first kappa shape index (κ1) is 23.3. The molecule has 32 heavy (non-hydrogen) atoms. The normalized spacial score (nSPS) is 11.6. The first-order valence-corrected chi connectivity index (χ1v) is 11.3. The Bertz CT molecular complexity index is 1120. The van der Waals surface area contributed by atoms with Crippen molar-refractivity contribution in [2.75, 3.05) is 17.3 Å². The van der Waals surface area contributed by atoms with E-state index in [1.807, 2.05) is 12.3 Å². The van der Waals surface area contributed by atoms with Gasteiger partial charge in [-0.2, -0.15) is 16.9 Å². The largest absolute Gasteiger partial charge is 0.340 e. The summed E-state index contributed by atoms with van der Waals surface area (Å²) in [7, 11) is 0. The number of amides is 2. The number of hydrogen-bond acceptors (Lipinski definition) is 6. The predicted octanol–water partition coefficient (Wildman–Crippen LogP) is 3.92. The van der Waals surface area contributed by atoms with Gasteiger partial charge in [0, 0.05) is 29.7 Å². The number of nitro benzene ring substituents is 1. The number of nitro groups is 1. The van der Waals surface area contributed by atoms with E-state index in [4.69, 9.17) is 11.6 Å². The number of thioether (sulfide) groups is 1. The summed E-state index contributed by atoms with van der Waals surface area (Å²) in [6.07, 6.45) is 5.72. The maximum absolute atomic E-state index is 12.9. The third kappa shape index (κ3) is 5.86. The first-order valence-electron chi connectivity index (χ1n) is 9.53. The van der Waals surface area contributed by atoms with Crippen LogP contribution in [0.3, 0.4) is 0 Å². The van der Waals surface area contributed by atoms with Crippen LogP contribution in [-0.4, -0.2) is 44.6 Å². The van der Waals surface area contributed by atoms with Gasteiger partial charge < -0.3 is 10.6 Å². The molecule has 1 heterocycles. The summed E-state index contributed by atoms with van der Waals surface area (Å²) in [5.74, 6) is -0.364.